The zero-order chi connectivity index (χ0) is 15.5. The Kier molecular flexibility index (Phi) is 5.13. The summed E-state index contributed by atoms with van der Waals surface area (Å²) in [5.74, 6) is 0.0454. The molecule has 0 bridgehead atoms. The Hall–Kier alpha value is -1.25. The Morgan fingerprint density at radius 1 is 1.24 bits per heavy atom. The molecule has 0 atom stereocenters. The van der Waals surface area contributed by atoms with Crippen LogP contribution in [0.5, 0.6) is 0 Å². The highest BCUT2D eigenvalue weighted by molar-refractivity contribution is 7.89. The van der Waals surface area contributed by atoms with E-state index in [1.54, 1.807) is 11.8 Å². The molecule has 0 radical (unpaired) electrons. The van der Waals surface area contributed by atoms with Crippen LogP contribution in [-0.2, 0) is 14.8 Å². The van der Waals surface area contributed by atoms with Gasteiger partial charge in [0.15, 0.2) is 0 Å². The lowest BCUT2D eigenvalue weighted by Crippen LogP contribution is -2.37. The average Bonchev–Trinajstić information content (AvgIpc) is 2.73. The fraction of sp³-hybridized carbons (Fsp3) is 0.583. The normalized spacial score (nSPS) is 17.5. The van der Waals surface area contributed by atoms with E-state index >= 15 is 0 Å². The van der Waals surface area contributed by atoms with Crippen LogP contribution >= 0.6 is 11.6 Å². The summed E-state index contributed by atoms with van der Waals surface area (Å²) in [4.78, 5) is 20.8. The maximum absolute atomic E-state index is 12.5. The van der Waals surface area contributed by atoms with Crippen LogP contribution in [0.3, 0.4) is 0 Å². The molecule has 0 spiro atoms. The van der Waals surface area contributed by atoms with E-state index < -0.39 is 10.0 Å². The highest BCUT2D eigenvalue weighted by atomic mass is 35.5. The third-order valence-electron chi connectivity index (χ3n) is 3.34. The van der Waals surface area contributed by atoms with Gasteiger partial charge in [-0.1, -0.05) is 6.92 Å². The number of halogens is 1. The zero-order valence-electron chi connectivity index (χ0n) is 11.7. The van der Waals surface area contributed by atoms with Gasteiger partial charge in [-0.15, -0.1) is 0 Å². The van der Waals surface area contributed by atoms with Crippen molar-refractivity contribution >= 4 is 27.5 Å². The molecule has 0 saturated carbocycles. The van der Waals surface area contributed by atoms with E-state index in [0.717, 1.165) is 0 Å². The predicted octanol–water partition coefficient (Wildman–Crippen LogP) is 0.763. The monoisotopic (exact) mass is 332 g/mol. The van der Waals surface area contributed by atoms with Gasteiger partial charge in [-0.2, -0.15) is 4.31 Å². The van der Waals surface area contributed by atoms with Gasteiger partial charge in [-0.25, -0.2) is 18.4 Å². The fourth-order valence-corrected chi connectivity index (χ4v) is 3.65. The van der Waals surface area contributed by atoms with Gasteiger partial charge in [0.25, 0.3) is 0 Å². The van der Waals surface area contributed by atoms with Crippen LogP contribution in [0, 0.1) is 0 Å². The number of carbonyl (C=O) groups excluding carboxylic acids is 1. The molecule has 1 amide bonds. The largest absolute Gasteiger partial charge is 0.341 e. The summed E-state index contributed by atoms with van der Waals surface area (Å²) in [6.45, 7) is 3.43. The number of nitrogens with zero attached hydrogens (tertiary/aromatic N) is 4. The standard InChI is InChI=1S/C12H17ClN4O3S/c1-2-11(18)16-4-3-5-17(7-6-16)21(19,20)10-8-14-12(13)15-9-10/h8-9H,2-7H2,1H3. The molecule has 0 aliphatic carbocycles. The van der Waals surface area contributed by atoms with E-state index in [-0.39, 0.29) is 22.6 Å². The molecule has 21 heavy (non-hydrogen) atoms. The van der Waals surface area contributed by atoms with Crippen molar-refractivity contribution in [3.05, 3.63) is 17.7 Å². The van der Waals surface area contributed by atoms with Gasteiger partial charge in [-0.3, -0.25) is 4.79 Å². The van der Waals surface area contributed by atoms with Crippen molar-refractivity contribution in [3.63, 3.8) is 0 Å². The van der Waals surface area contributed by atoms with Gasteiger partial charge in [0.2, 0.25) is 21.2 Å². The van der Waals surface area contributed by atoms with Gasteiger partial charge in [0, 0.05) is 32.6 Å². The first kappa shape index (κ1) is 16.1. The first-order valence-electron chi connectivity index (χ1n) is 6.70. The summed E-state index contributed by atoms with van der Waals surface area (Å²) in [5.41, 5.74) is 0. The zero-order valence-corrected chi connectivity index (χ0v) is 13.3. The lowest BCUT2D eigenvalue weighted by Gasteiger charge is -2.21. The number of hydrogen-bond donors (Lipinski definition) is 0. The predicted molar refractivity (Wildman–Crippen MR) is 77.3 cm³/mol. The van der Waals surface area contributed by atoms with Crippen LogP contribution in [0.25, 0.3) is 0 Å². The smallest absolute Gasteiger partial charge is 0.246 e. The number of hydrogen-bond acceptors (Lipinski definition) is 5. The molecular weight excluding hydrogens is 316 g/mol. The van der Waals surface area contributed by atoms with Gasteiger partial charge in [0.1, 0.15) is 4.90 Å². The molecule has 1 aromatic rings. The van der Waals surface area contributed by atoms with Gasteiger partial charge in [0.05, 0.1) is 12.4 Å². The summed E-state index contributed by atoms with van der Waals surface area (Å²) in [5, 5.41) is 0.00420. The van der Waals surface area contributed by atoms with Crippen LogP contribution in [0.4, 0.5) is 0 Å². The van der Waals surface area contributed by atoms with E-state index in [1.165, 1.54) is 16.7 Å². The maximum Gasteiger partial charge on any atom is 0.246 e. The molecule has 0 N–H and O–H groups in total. The summed E-state index contributed by atoms with van der Waals surface area (Å²) in [6.07, 6.45) is 3.44. The molecule has 0 aromatic carbocycles. The van der Waals surface area contributed by atoms with Crippen LogP contribution in [-0.4, -0.2) is 59.7 Å². The summed E-state index contributed by atoms with van der Waals surface area (Å²) in [7, 11) is -3.65. The molecule has 0 unspecified atom stereocenters. The first-order valence-corrected chi connectivity index (χ1v) is 8.52. The highest BCUT2D eigenvalue weighted by Gasteiger charge is 2.28. The molecule has 116 valence electrons. The van der Waals surface area contributed by atoms with Crippen molar-refractivity contribution in [3.8, 4) is 0 Å². The van der Waals surface area contributed by atoms with Gasteiger partial charge < -0.3 is 4.90 Å². The van der Waals surface area contributed by atoms with Crippen molar-refractivity contribution in [1.82, 2.24) is 19.2 Å². The Labute approximate surface area is 129 Å². The maximum atomic E-state index is 12.5. The van der Waals surface area contributed by atoms with Crippen molar-refractivity contribution in [2.75, 3.05) is 26.2 Å². The minimum Gasteiger partial charge on any atom is -0.341 e. The van der Waals surface area contributed by atoms with Crippen LogP contribution in [0.15, 0.2) is 17.3 Å². The molecule has 2 heterocycles. The molecule has 9 heteroatoms. The lowest BCUT2D eigenvalue weighted by molar-refractivity contribution is -0.130. The summed E-state index contributed by atoms with van der Waals surface area (Å²) in [6, 6.07) is 0. The molecule has 2 rings (SSSR count). The van der Waals surface area contributed by atoms with Crippen LogP contribution in [0.2, 0.25) is 5.28 Å². The van der Waals surface area contributed by atoms with Gasteiger partial charge in [-0.05, 0) is 18.0 Å². The second kappa shape index (κ2) is 6.67. The third-order valence-corrected chi connectivity index (χ3v) is 5.39. The lowest BCUT2D eigenvalue weighted by atomic mass is 10.3. The van der Waals surface area contributed by atoms with E-state index in [4.69, 9.17) is 11.6 Å². The second-order valence-electron chi connectivity index (χ2n) is 4.68. The number of rotatable bonds is 3. The molecular formula is C12H17ClN4O3S. The minimum absolute atomic E-state index is 0.00420. The SMILES string of the molecule is CCC(=O)N1CCCN(S(=O)(=O)c2cnc(Cl)nc2)CC1. The molecule has 1 saturated heterocycles. The number of carbonyl (C=O) groups is 1. The van der Waals surface area contributed by atoms with E-state index in [0.29, 0.717) is 32.5 Å². The quantitative estimate of drug-likeness (QED) is 0.763. The average molecular weight is 333 g/mol. The molecule has 7 nitrogen and oxygen atoms in total. The number of sulfonamides is 1. The second-order valence-corrected chi connectivity index (χ2v) is 6.96. The van der Waals surface area contributed by atoms with Crippen molar-refractivity contribution in [2.45, 2.75) is 24.7 Å². The summed E-state index contributed by atoms with van der Waals surface area (Å²) >= 11 is 5.57. The van der Waals surface area contributed by atoms with Gasteiger partial charge >= 0.3 is 0 Å². The van der Waals surface area contributed by atoms with Crippen LogP contribution < -0.4 is 0 Å². The molecule has 1 aliphatic rings. The minimum atomic E-state index is -3.65. The Morgan fingerprint density at radius 3 is 2.52 bits per heavy atom. The summed E-state index contributed by atoms with van der Waals surface area (Å²) < 4.78 is 26.4. The first-order chi connectivity index (χ1) is 9.95. The third kappa shape index (κ3) is 3.69. The molecule has 1 aromatic heterocycles. The Morgan fingerprint density at radius 2 is 1.90 bits per heavy atom. The van der Waals surface area contributed by atoms with E-state index in [2.05, 4.69) is 9.97 Å². The van der Waals surface area contributed by atoms with Crippen LogP contribution in [0.1, 0.15) is 19.8 Å². The van der Waals surface area contributed by atoms with Crippen molar-refractivity contribution < 1.29 is 13.2 Å². The van der Waals surface area contributed by atoms with E-state index in [9.17, 15) is 13.2 Å². The molecule has 1 aliphatic heterocycles. The molecule has 1 fully saturated rings. The fourth-order valence-electron chi connectivity index (χ4n) is 2.19. The Balaban J connectivity index is 2.14. The topological polar surface area (TPSA) is 83.5 Å². The van der Waals surface area contributed by atoms with Crippen molar-refractivity contribution in [1.29, 1.82) is 0 Å². The van der Waals surface area contributed by atoms with Crippen molar-refractivity contribution in [2.24, 2.45) is 0 Å². The Bertz CT molecular complexity index is 605. The highest BCUT2D eigenvalue weighted by Crippen LogP contribution is 2.17. The number of amides is 1. The van der Waals surface area contributed by atoms with E-state index in [1.807, 2.05) is 0 Å². The number of aromatic nitrogens is 2.